The van der Waals surface area contributed by atoms with Gasteiger partial charge in [0.2, 0.25) is 17.9 Å². The van der Waals surface area contributed by atoms with Crippen molar-refractivity contribution in [2.75, 3.05) is 10.6 Å². The van der Waals surface area contributed by atoms with E-state index in [0.717, 1.165) is 6.07 Å². The van der Waals surface area contributed by atoms with Crippen LogP contribution in [-0.4, -0.2) is 47.9 Å². The molecule has 3 atom stereocenters. The number of hydrogen-bond acceptors (Lipinski definition) is 9. The van der Waals surface area contributed by atoms with Gasteiger partial charge in [-0.3, -0.25) is 25.2 Å². The van der Waals surface area contributed by atoms with Crippen LogP contribution in [0, 0.1) is 27.8 Å². The Bertz CT molecular complexity index is 1300. The van der Waals surface area contributed by atoms with E-state index in [2.05, 4.69) is 30.9 Å². The molecule has 2 amide bonds. The predicted octanol–water partition coefficient (Wildman–Crippen LogP) is 2.46. The van der Waals surface area contributed by atoms with Crippen molar-refractivity contribution < 1.29 is 28.0 Å². The van der Waals surface area contributed by atoms with Gasteiger partial charge in [0.05, 0.1) is 29.3 Å². The number of aromatic nitrogens is 5. The summed E-state index contributed by atoms with van der Waals surface area (Å²) < 4.78 is 33.6. The van der Waals surface area contributed by atoms with Crippen LogP contribution in [0.15, 0.2) is 30.6 Å². The van der Waals surface area contributed by atoms with Crippen LogP contribution in [-0.2, 0) is 16.6 Å². The second kappa shape index (κ2) is 9.36. The smallest absolute Gasteiger partial charge is 0.413 e. The Morgan fingerprint density at radius 3 is 2.69 bits per heavy atom. The lowest BCUT2D eigenvalue weighted by Gasteiger charge is -2.15. The van der Waals surface area contributed by atoms with Crippen molar-refractivity contribution in [3.05, 3.63) is 58.0 Å². The molecule has 13 nitrogen and oxygen atoms in total. The number of nitrogens with zero attached hydrogens (tertiary/aromatic N) is 6. The predicted molar refractivity (Wildman–Crippen MR) is 114 cm³/mol. The maximum atomic E-state index is 13.8. The molecule has 1 aliphatic rings. The lowest BCUT2D eigenvalue weighted by Crippen LogP contribution is -2.19. The standard InChI is InChI=1S/C20H18F2N8O5/c1-9(12-5-10(21)7-24-17(12)22)35-20(32)26-18-16(27-28-29(18)2)14-4-3-11(8-23-14)25-19(31)13-6-15(13)30(33)34/h3-5,7-9,13,15H,6H2,1-2H3,(H,25,31)(H,26,32)/t9-,13-,15-/m1/s1. The summed E-state index contributed by atoms with van der Waals surface area (Å²) in [6.07, 6.45) is 0.0931. The van der Waals surface area contributed by atoms with Crippen LogP contribution in [0.3, 0.4) is 0 Å². The first-order valence-corrected chi connectivity index (χ1v) is 10.2. The summed E-state index contributed by atoms with van der Waals surface area (Å²) in [5.74, 6) is -2.79. The number of amides is 2. The van der Waals surface area contributed by atoms with Gasteiger partial charge in [0, 0.05) is 18.4 Å². The molecule has 4 rings (SSSR count). The van der Waals surface area contributed by atoms with E-state index in [1.54, 1.807) is 0 Å². The number of aryl methyl sites for hydroxylation is 1. The van der Waals surface area contributed by atoms with Crippen molar-refractivity contribution in [2.24, 2.45) is 13.0 Å². The van der Waals surface area contributed by atoms with Gasteiger partial charge in [-0.2, -0.15) is 4.39 Å². The molecule has 0 aromatic carbocycles. The summed E-state index contributed by atoms with van der Waals surface area (Å²) in [7, 11) is 1.50. The van der Waals surface area contributed by atoms with E-state index >= 15 is 0 Å². The number of pyridine rings is 2. The maximum Gasteiger partial charge on any atom is 0.413 e. The van der Waals surface area contributed by atoms with Gasteiger partial charge in [-0.15, -0.1) is 5.10 Å². The summed E-state index contributed by atoms with van der Waals surface area (Å²) in [5, 5.41) is 23.5. The molecule has 1 saturated carbocycles. The Hall–Kier alpha value is -4.56. The van der Waals surface area contributed by atoms with Crippen molar-refractivity contribution in [3.8, 4) is 11.4 Å². The van der Waals surface area contributed by atoms with Crippen LogP contribution in [0.1, 0.15) is 25.0 Å². The molecule has 2 N–H and O–H groups in total. The lowest BCUT2D eigenvalue weighted by atomic mass is 10.2. The van der Waals surface area contributed by atoms with E-state index in [0.29, 0.717) is 11.9 Å². The van der Waals surface area contributed by atoms with Gasteiger partial charge in [0.25, 0.3) is 0 Å². The van der Waals surface area contributed by atoms with Crippen molar-refractivity contribution in [3.63, 3.8) is 0 Å². The minimum Gasteiger partial charge on any atom is -0.441 e. The third-order valence-electron chi connectivity index (χ3n) is 5.24. The first-order valence-electron chi connectivity index (χ1n) is 10.2. The van der Waals surface area contributed by atoms with Crippen molar-refractivity contribution in [1.82, 2.24) is 25.0 Å². The molecular weight excluding hydrogens is 470 g/mol. The fourth-order valence-corrected chi connectivity index (χ4v) is 3.28. The molecule has 3 aromatic rings. The molecule has 0 aliphatic heterocycles. The number of carbonyl (C=O) groups is 2. The molecule has 35 heavy (non-hydrogen) atoms. The third-order valence-corrected chi connectivity index (χ3v) is 5.24. The molecule has 0 saturated heterocycles. The van der Waals surface area contributed by atoms with Crippen LogP contribution in [0.25, 0.3) is 11.4 Å². The van der Waals surface area contributed by atoms with Gasteiger partial charge in [-0.05, 0) is 25.1 Å². The van der Waals surface area contributed by atoms with E-state index < -0.39 is 46.8 Å². The van der Waals surface area contributed by atoms with Gasteiger partial charge in [0.1, 0.15) is 17.8 Å². The second-order valence-corrected chi connectivity index (χ2v) is 7.73. The quantitative estimate of drug-likeness (QED) is 0.288. The maximum absolute atomic E-state index is 13.8. The molecule has 1 aliphatic carbocycles. The van der Waals surface area contributed by atoms with Crippen LogP contribution >= 0.6 is 0 Å². The molecule has 1 fully saturated rings. The van der Waals surface area contributed by atoms with Crippen LogP contribution in [0.5, 0.6) is 0 Å². The lowest BCUT2D eigenvalue weighted by molar-refractivity contribution is -0.497. The van der Waals surface area contributed by atoms with Crippen molar-refractivity contribution in [2.45, 2.75) is 25.5 Å². The van der Waals surface area contributed by atoms with Crippen LogP contribution < -0.4 is 10.6 Å². The Labute approximate surface area is 195 Å². The van der Waals surface area contributed by atoms with Crippen molar-refractivity contribution in [1.29, 1.82) is 0 Å². The second-order valence-electron chi connectivity index (χ2n) is 7.73. The summed E-state index contributed by atoms with van der Waals surface area (Å²) >= 11 is 0. The summed E-state index contributed by atoms with van der Waals surface area (Å²) in [5.41, 5.74) is 0.544. The normalized spacial score (nSPS) is 17.4. The number of halogens is 2. The number of nitro groups is 1. The average molecular weight is 488 g/mol. The number of ether oxygens (including phenoxy) is 1. The van der Waals surface area contributed by atoms with E-state index in [4.69, 9.17) is 4.74 Å². The average Bonchev–Trinajstić information content (AvgIpc) is 3.55. The van der Waals surface area contributed by atoms with E-state index in [1.165, 1.54) is 37.0 Å². The zero-order valence-corrected chi connectivity index (χ0v) is 18.3. The molecule has 3 aromatic heterocycles. The Balaban J connectivity index is 1.42. The van der Waals surface area contributed by atoms with Crippen LogP contribution in [0.2, 0.25) is 0 Å². The summed E-state index contributed by atoms with van der Waals surface area (Å²) in [6.45, 7) is 1.35. The molecule has 15 heteroatoms. The van der Waals surface area contributed by atoms with E-state index in [-0.39, 0.29) is 29.2 Å². The summed E-state index contributed by atoms with van der Waals surface area (Å²) in [6, 6.07) is 3.03. The minimum atomic E-state index is -1.15. The highest BCUT2D eigenvalue weighted by molar-refractivity contribution is 5.95. The highest BCUT2D eigenvalue weighted by Crippen LogP contribution is 2.34. The fraction of sp³-hybridized carbons (Fsp3) is 0.300. The zero-order chi connectivity index (χ0) is 25.3. The number of rotatable bonds is 7. The molecule has 182 valence electrons. The minimum absolute atomic E-state index is 0.108. The summed E-state index contributed by atoms with van der Waals surface area (Å²) in [4.78, 5) is 42.2. The molecule has 0 spiro atoms. The number of anilines is 2. The molecule has 0 radical (unpaired) electrons. The highest BCUT2D eigenvalue weighted by atomic mass is 19.1. The molecular formula is C20H18F2N8O5. The monoisotopic (exact) mass is 488 g/mol. The number of hydrogen-bond donors (Lipinski definition) is 2. The van der Waals surface area contributed by atoms with Gasteiger partial charge >= 0.3 is 6.09 Å². The Kier molecular flexibility index (Phi) is 6.31. The van der Waals surface area contributed by atoms with Crippen LogP contribution in [0.4, 0.5) is 25.1 Å². The van der Waals surface area contributed by atoms with Gasteiger partial charge in [-0.25, -0.2) is 18.9 Å². The number of nitrogens with one attached hydrogen (secondary N) is 2. The van der Waals surface area contributed by atoms with Gasteiger partial charge in [-0.1, -0.05) is 5.21 Å². The van der Waals surface area contributed by atoms with E-state index in [1.807, 2.05) is 0 Å². The largest absolute Gasteiger partial charge is 0.441 e. The topological polar surface area (TPSA) is 167 Å². The fourth-order valence-electron chi connectivity index (χ4n) is 3.28. The third kappa shape index (κ3) is 5.18. The first kappa shape index (κ1) is 23.6. The molecule has 0 unspecified atom stereocenters. The zero-order valence-electron chi connectivity index (χ0n) is 18.3. The molecule has 3 heterocycles. The van der Waals surface area contributed by atoms with Crippen molar-refractivity contribution >= 4 is 23.5 Å². The molecule has 0 bridgehead atoms. The highest BCUT2D eigenvalue weighted by Gasteiger charge is 2.53. The SMILES string of the molecule is C[C@@H](OC(=O)Nc1c(-c2ccc(NC(=O)[C@@H]3C[C@H]3[N+](=O)[O-])cn2)nnn1C)c1cc(F)cnc1F. The van der Waals surface area contributed by atoms with Gasteiger partial charge < -0.3 is 10.1 Å². The Morgan fingerprint density at radius 1 is 1.26 bits per heavy atom. The van der Waals surface area contributed by atoms with Gasteiger partial charge in [0.15, 0.2) is 11.5 Å². The first-order chi connectivity index (χ1) is 16.6. The number of carbonyl (C=O) groups excluding carboxylic acids is 2. The van der Waals surface area contributed by atoms with E-state index in [9.17, 15) is 28.5 Å². The Morgan fingerprint density at radius 2 is 2.03 bits per heavy atom.